The average Bonchev–Trinajstić information content (AvgIpc) is 3.08. The summed E-state index contributed by atoms with van der Waals surface area (Å²) in [7, 11) is 0. The normalized spacial score (nSPS) is 15.5. The molecule has 4 heterocycles. The molecule has 0 aliphatic carbocycles. The number of aromatic nitrogens is 2. The monoisotopic (exact) mass is 505 g/mol. The predicted octanol–water partition coefficient (Wildman–Crippen LogP) is 0.771. The number of hydrogen-bond acceptors (Lipinski definition) is 9. The fourth-order valence-corrected chi connectivity index (χ4v) is 6.21. The number of nitrogen functional groups attached to an aromatic ring is 1. The number of ether oxygens (including phenoxy) is 1. The van der Waals surface area contributed by atoms with Gasteiger partial charge in [0.2, 0.25) is 5.82 Å². The van der Waals surface area contributed by atoms with Gasteiger partial charge in [-0.05, 0) is 35.1 Å². The fourth-order valence-electron chi connectivity index (χ4n) is 5.01. The average molecular weight is 506 g/mol. The number of carbonyl (C=O) groups is 1. The van der Waals surface area contributed by atoms with Crippen LogP contribution in [-0.4, -0.2) is 35.6 Å². The highest BCUT2D eigenvalue weighted by atomic mass is 32.1. The number of rotatable bonds is 4. The zero-order valence-electron chi connectivity index (χ0n) is 19.3. The number of thiophene rings is 1. The highest BCUT2D eigenvalue weighted by molar-refractivity contribution is 7.18. The van der Waals surface area contributed by atoms with Crippen LogP contribution in [0.2, 0.25) is 0 Å². The maximum atomic E-state index is 12.8. The fraction of sp³-hybridized carbons (Fsp3) is 0.320. The molecule has 2 aromatic carbocycles. The van der Waals surface area contributed by atoms with Crippen LogP contribution in [0.5, 0.6) is 0 Å². The van der Waals surface area contributed by atoms with Crippen molar-refractivity contribution in [3.63, 3.8) is 0 Å². The largest absolute Gasteiger partial charge is 0.394 e. The zero-order chi connectivity index (χ0) is 25.0. The van der Waals surface area contributed by atoms with Crippen LogP contribution in [0.1, 0.15) is 37.7 Å². The number of nitrogens with one attached hydrogen (secondary N) is 2. The first-order valence-electron chi connectivity index (χ1n) is 11.8. The maximum Gasteiger partial charge on any atom is 0.287 e. The van der Waals surface area contributed by atoms with Crippen molar-refractivity contribution in [1.29, 1.82) is 0 Å². The molecule has 0 saturated heterocycles. The molecule has 2 aliphatic heterocycles. The SMILES string of the molecule is Nc1c(N2CCc3ccc(CNC(=O)c4nc5sc6c(c5c(=O)[nH]4)CCOCC6)cc3C2)c(=O)c1=O. The molecular weight excluding hydrogens is 482 g/mol. The van der Waals surface area contributed by atoms with E-state index in [0.29, 0.717) is 48.6 Å². The van der Waals surface area contributed by atoms with Gasteiger partial charge in [-0.1, -0.05) is 18.2 Å². The lowest BCUT2D eigenvalue weighted by atomic mass is 9.96. The van der Waals surface area contributed by atoms with Crippen molar-refractivity contribution in [2.75, 3.05) is 30.4 Å². The van der Waals surface area contributed by atoms with E-state index in [0.717, 1.165) is 40.0 Å². The Morgan fingerprint density at radius 1 is 1.14 bits per heavy atom. The van der Waals surface area contributed by atoms with Crippen LogP contribution in [0.15, 0.2) is 32.6 Å². The Hall–Kier alpha value is -3.83. The molecule has 10 nitrogen and oxygen atoms in total. The topological polar surface area (TPSA) is 147 Å². The molecule has 2 aromatic heterocycles. The Morgan fingerprint density at radius 2 is 1.97 bits per heavy atom. The highest BCUT2D eigenvalue weighted by Gasteiger charge is 2.27. The molecule has 0 radical (unpaired) electrons. The van der Waals surface area contributed by atoms with Crippen molar-refractivity contribution < 1.29 is 9.53 Å². The lowest BCUT2D eigenvalue weighted by Gasteiger charge is -2.32. The molecule has 0 bridgehead atoms. The molecule has 6 rings (SSSR count). The summed E-state index contributed by atoms with van der Waals surface area (Å²) in [6.07, 6.45) is 2.12. The van der Waals surface area contributed by atoms with Crippen LogP contribution in [0.3, 0.4) is 0 Å². The first-order valence-corrected chi connectivity index (χ1v) is 12.6. The molecule has 0 atom stereocenters. The molecule has 0 unspecified atom stereocenters. The van der Waals surface area contributed by atoms with E-state index in [2.05, 4.69) is 15.3 Å². The summed E-state index contributed by atoms with van der Waals surface area (Å²) in [6, 6.07) is 5.92. The number of amides is 1. The van der Waals surface area contributed by atoms with E-state index >= 15 is 0 Å². The minimum absolute atomic E-state index is 0.0140. The van der Waals surface area contributed by atoms with Crippen LogP contribution in [0.4, 0.5) is 11.4 Å². The Bertz CT molecular complexity index is 1660. The second-order valence-electron chi connectivity index (χ2n) is 9.09. The smallest absolute Gasteiger partial charge is 0.287 e. The highest BCUT2D eigenvalue weighted by Crippen LogP contribution is 2.30. The minimum Gasteiger partial charge on any atom is -0.394 e. The number of H-pyrrole nitrogens is 1. The second kappa shape index (κ2) is 8.68. The van der Waals surface area contributed by atoms with Gasteiger partial charge in [-0.2, -0.15) is 0 Å². The summed E-state index contributed by atoms with van der Waals surface area (Å²) < 4.78 is 5.51. The number of anilines is 2. The van der Waals surface area contributed by atoms with Gasteiger partial charge < -0.3 is 25.7 Å². The lowest BCUT2D eigenvalue weighted by molar-refractivity contribution is 0.0940. The Kier molecular flexibility index (Phi) is 5.45. The van der Waals surface area contributed by atoms with Gasteiger partial charge in [-0.3, -0.25) is 19.2 Å². The number of carbonyl (C=O) groups excluding carboxylic acids is 1. The maximum absolute atomic E-state index is 12.8. The van der Waals surface area contributed by atoms with Crippen LogP contribution in [0.25, 0.3) is 10.2 Å². The Morgan fingerprint density at radius 3 is 2.81 bits per heavy atom. The van der Waals surface area contributed by atoms with Gasteiger partial charge in [-0.25, -0.2) is 4.98 Å². The van der Waals surface area contributed by atoms with Crippen molar-refractivity contribution in [3.05, 3.63) is 82.0 Å². The van der Waals surface area contributed by atoms with Crippen molar-refractivity contribution in [2.45, 2.75) is 32.4 Å². The zero-order valence-corrected chi connectivity index (χ0v) is 20.1. The number of benzene rings is 1. The van der Waals surface area contributed by atoms with Gasteiger partial charge in [0.15, 0.2) is 0 Å². The number of hydrogen-bond donors (Lipinski definition) is 3. The molecule has 11 heteroatoms. The molecular formula is C25H23N5O5S. The van der Waals surface area contributed by atoms with E-state index in [1.165, 1.54) is 11.3 Å². The van der Waals surface area contributed by atoms with Crippen molar-refractivity contribution >= 4 is 38.8 Å². The molecule has 2 aliphatic rings. The summed E-state index contributed by atoms with van der Waals surface area (Å²) in [4.78, 5) is 59.6. The Balaban J connectivity index is 1.18. The van der Waals surface area contributed by atoms with Gasteiger partial charge in [0, 0.05) is 30.9 Å². The van der Waals surface area contributed by atoms with Crippen molar-refractivity contribution in [2.24, 2.45) is 0 Å². The van der Waals surface area contributed by atoms with Gasteiger partial charge in [0.1, 0.15) is 16.2 Å². The summed E-state index contributed by atoms with van der Waals surface area (Å²) in [6.45, 7) is 2.50. The standard InChI is InChI=1S/C25H23N5O5S/c26-18-19(21(32)20(18)31)30-6-3-13-2-1-12(9-14(13)11-30)10-27-24(34)22-28-23(33)17-15-4-7-35-8-5-16(15)36-25(17)29-22/h1-2,9H,3-8,10-11,26H2,(H,27,34)(H,28,29,33). The van der Waals surface area contributed by atoms with Crippen LogP contribution in [-0.2, 0) is 37.1 Å². The summed E-state index contributed by atoms with van der Waals surface area (Å²) in [5, 5.41) is 3.39. The first kappa shape index (κ1) is 22.6. The Labute approximate surface area is 208 Å². The molecule has 0 fully saturated rings. The van der Waals surface area contributed by atoms with Gasteiger partial charge in [0.25, 0.3) is 22.3 Å². The van der Waals surface area contributed by atoms with Gasteiger partial charge >= 0.3 is 0 Å². The van der Waals surface area contributed by atoms with Gasteiger partial charge in [-0.15, -0.1) is 11.3 Å². The van der Waals surface area contributed by atoms with E-state index in [4.69, 9.17) is 10.5 Å². The minimum atomic E-state index is -0.621. The third kappa shape index (κ3) is 3.71. The van der Waals surface area contributed by atoms with E-state index in [9.17, 15) is 19.2 Å². The third-order valence-electron chi connectivity index (χ3n) is 6.90. The van der Waals surface area contributed by atoms with E-state index in [1.54, 1.807) is 0 Å². The van der Waals surface area contributed by atoms with E-state index in [-0.39, 0.29) is 23.6 Å². The molecule has 4 N–H and O–H groups in total. The number of aromatic amines is 1. The van der Waals surface area contributed by atoms with Crippen molar-refractivity contribution in [3.8, 4) is 0 Å². The number of fused-ring (bicyclic) bond motifs is 4. The van der Waals surface area contributed by atoms with E-state index < -0.39 is 16.8 Å². The van der Waals surface area contributed by atoms with Crippen LogP contribution in [0, 0.1) is 0 Å². The third-order valence-corrected chi connectivity index (χ3v) is 8.09. The lowest BCUT2D eigenvalue weighted by Crippen LogP contribution is -2.44. The summed E-state index contributed by atoms with van der Waals surface area (Å²) in [5.74, 6) is -0.475. The van der Waals surface area contributed by atoms with E-state index in [1.807, 2.05) is 23.1 Å². The summed E-state index contributed by atoms with van der Waals surface area (Å²) in [5.41, 5.74) is 8.61. The quantitative estimate of drug-likeness (QED) is 0.345. The first-order chi connectivity index (χ1) is 17.4. The molecule has 0 spiro atoms. The molecule has 1 amide bonds. The second-order valence-corrected chi connectivity index (χ2v) is 10.2. The number of nitrogens with zero attached hydrogens (tertiary/aromatic N) is 2. The molecule has 4 aromatic rings. The number of nitrogens with two attached hydrogens (primary N) is 1. The van der Waals surface area contributed by atoms with Crippen LogP contribution >= 0.6 is 11.3 Å². The molecule has 184 valence electrons. The van der Waals surface area contributed by atoms with Crippen LogP contribution < -0.4 is 32.4 Å². The molecule has 0 saturated carbocycles. The summed E-state index contributed by atoms with van der Waals surface area (Å²) >= 11 is 1.44. The predicted molar refractivity (Wildman–Crippen MR) is 137 cm³/mol. The molecule has 36 heavy (non-hydrogen) atoms. The van der Waals surface area contributed by atoms with Gasteiger partial charge in [0.05, 0.1) is 18.6 Å². The van der Waals surface area contributed by atoms with Crippen molar-refractivity contribution in [1.82, 2.24) is 15.3 Å².